The van der Waals surface area contributed by atoms with Crippen molar-refractivity contribution in [2.24, 2.45) is 0 Å². The summed E-state index contributed by atoms with van der Waals surface area (Å²) < 4.78 is 5.86. The van der Waals surface area contributed by atoms with Gasteiger partial charge in [-0.15, -0.1) is 18.9 Å². The second-order valence-electron chi connectivity index (χ2n) is 6.16. The zero-order valence-corrected chi connectivity index (χ0v) is 19.1. The smallest absolute Gasteiger partial charge is 0.156 e. The minimum absolute atomic E-state index is 0.549. The lowest BCUT2D eigenvalue weighted by molar-refractivity contribution is 0.306. The van der Waals surface area contributed by atoms with E-state index >= 15 is 0 Å². The number of benzene rings is 2. The number of imidazole rings is 1. The third-order valence-electron chi connectivity index (χ3n) is 3.77. The standard InChI is InChI=1S/C18H16N4O.C3H6.C3H4.C2H6/c1-12-10-19-22-17(12)18-20-15-8-7-14(9-16(15)21-18)23-11-13-5-3-2-4-6-13;2*1-3-2;1-2/h2-10H,11H2,1H3,(H,19,22)(H,20,21);3H,1H2,2H3;1H,2H3;1-2H3. The number of hydrogen-bond acceptors (Lipinski definition) is 3. The van der Waals surface area contributed by atoms with Gasteiger partial charge in [-0.05, 0) is 44.0 Å². The Morgan fingerprint density at radius 3 is 2.39 bits per heavy atom. The number of ether oxygens (including phenoxy) is 1. The van der Waals surface area contributed by atoms with Gasteiger partial charge in [-0.3, -0.25) is 5.10 Å². The predicted octanol–water partition coefficient (Wildman–Crippen LogP) is 6.70. The van der Waals surface area contributed by atoms with Crippen molar-refractivity contribution in [2.45, 2.75) is 41.2 Å². The Morgan fingerprint density at radius 2 is 1.81 bits per heavy atom. The van der Waals surface area contributed by atoms with Crippen LogP contribution in [0.1, 0.15) is 38.8 Å². The summed E-state index contributed by atoms with van der Waals surface area (Å²) in [6, 6.07) is 16.0. The van der Waals surface area contributed by atoms with E-state index in [1.54, 1.807) is 19.2 Å². The number of terminal acetylenes is 1. The van der Waals surface area contributed by atoms with Crippen LogP contribution in [0.2, 0.25) is 0 Å². The molecule has 2 N–H and O–H groups in total. The summed E-state index contributed by atoms with van der Waals surface area (Å²) in [7, 11) is 0. The number of aryl methyl sites for hydroxylation is 1. The molecule has 2 aromatic heterocycles. The van der Waals surface area contributed by atoms with Gasteiger partial charge in [0.05, 0.1) is 17.2 Å². The summed E-state index contributed by atoms with van der Waals surface area (Å²) in [6.07, 6.45) is 8.14. The van der Waals surface area contributed by atoms with E-state index in [1.807, 2.05) is 76.2 Å². The number of allylic oxidation sites excluding steroid dienone is 1. The highest BCUT2D eigenvalue weighted by Crippen LogP contribution is 2.24. The number of nitrogens with zero attached hydrogens (tertiary/aromatic N) is 2. The fourth-order valence-corrected chi connectivity index (χ4v) is 2.52. The van der Waals surface area contributed by atoms with E-state index in [2.05, 4.69) is 39.1 Å². The van der Waals surface area contributed by atoms with Gasteiger partial charge in [0, 0.05) is 6.07 Å². The van der Waals surface area contributed by atoms with Crippen LogP contribution >= 0.6 is 0 Å². The van der Waals surface area contributed by atoms with E-state index in [9.17, 15) is 0 Å². The minimum atomic E-state index is 0.549. The van der Waals surface area contributed by atoms with Crippen molar-refractivity contribution in [2.75, 3.05) is 0 Å². The zero-order valence-electron chi connectivity index (χ0n) is 19.1. The maximum atomic E-state index is 5.86. The highest BCUT2D eigenvalue weighted by molar-refractivity contribution is 5.80. The molecule has 0 saturated heterocycles. The number of H-pyrrole nitrogens is 2. The van der Waals surface area contributed by atoms with Gasteiger partial charge in [0.25, 0.3) is 0 Å². The molecule has 31 heavy (non-hydrogen) atoms. The van der Waals surface area contributed by atoms with Gasteiger partial charge in [-0.25, -0.2) is 4.98 Å². The molecule has 0 amide bonds. The molecule has 162 valence electrons. The van der Waals surface area contributed by atoms with E-state index in [0.717, 1.165) is 39.4 Å². The molecule has 0 unspecified atom stereocenters. The summed E-state index contributed by atoms with van der Waals surface area (Å²) in [6.45, 7) is 13.5. The minimum Gasteiger partial charge on any atom is -0.489 e. The van der Waals surface area contributed by atoms with Gasteiger partial charge < -0.3 is 9.72 Å². The molecule has 4 rings (SSSR count). The van der Waals surface area contributed by atoms with Crippen molar-refractivity contribution in [3.05, 3.63) is 78.5 Å². The molecule has 0 spiro atoms. The first-order chi connectivity index (χ1) is 15.1. The molecule has 0 bridgehead atoms. The molecule has 2 aromatic carbocycles. The van der Waals surface area contributed by atoms with Gasteiger partial charge in [0.15, 0.2) is 5.82 Å². The molecule has 5 heteroatoms. The molecule has 0 atom stereocenters. The average molecular weight is 417 g/mol. The van der Waals surface area contributed by atoms with Crippen molar-refractivity contribution in [1.82, 2.24) is 20.2 Å². The summed E-state index contributed by atoms with van der Waals surface area (Å²) >= 11 is 0. The number of hydrogen-bond donors (Lipinski definition) is 2. The molecule has 0 fully saturated rings. The zero-order chi connectivity index (χ0) is 23.1. The molecule has 5 nitrogen and oxygen atoms in total. The third kappa shape index (κ3) is 7.87. The Morgan fingerprint density at radius 1 is 1.16 bits per heavy atom. The lowest BCUT2D eigenvalue weighted by atomic mass is 10.2. The van der Waals surface area contributed by atoms with Crippen molar-refractivity contribution in [3.63, 3.8) is 0 Å². The van der Waals surface area contributed by atoms with Crippen molar-refractivity contribution >= 4 is 11.0 Å². The normalized spacial score (nSPS) is 9.03. The van der Waals surface area contributed by atoms with Gasteiger partial charge in [0.1, 0.15) is 18.1 Å². The highest BCUT2D eigenvalue weighted by Gasteiger charge is 2.10. The van der Waals surface area contributed by atoms with E-state index in [4.69, 9.17) is 4.74 Å². The van der Waals surface area contributed by atoms with Crippen molar-refractivity contribution in [3.8, 4) is 29.6 Å². The molecule has 4 aromatic rings. The van der Waals surface area contributed by atoms with Crippen molar-refractivity contribution < 1.29 is 4.74 Å². The van der Waals surface area contributed by atoms with Crippen LogP contribution in [0.5, 0.6) is 5.75 Å². The second kappa shape index (κ2) is 14.2. The van der Waals surface area contributed by atoms with Gasteiger partial charge in [-0.2, -0.15) is 5.10 Å². The molecule has 0 aliphatic carbocycles. The molecule has 0 aliphatic rings. The third-order valence-corrected chi connectivity index (χ3v) is 3.77. The van der Waals surface area contributed by atoms with E-state index < -0.39 is 0 Å². The first kappa shape index (κ1) is 25.3. The van der Waals surface area contributed by atoms with Gasteiger partial charge in [0.2, 0.25) is 0 Å². The maximum Gasteiger partial charge on any atom is 0.156 e. The number of fused-ring (bicyclic) bond motifs is 1. The number of rotatable bonds is 4. The number of aromatic amines is 2. The molecule has 2 heterocycles. The molecule has 0 radical (unpaired) electrons. The fraction of sp³-hybridized carbons (Fsp3) is 0.231. The molecular weight excluding hydrogens is 384 g/mol. The summed E-state index contributed by atoms with van der Waals surface area (Å²) in [5, 5.41) is 7.01. The number of aromatic nitrogens is 4. The van der Waals surface area contributed by atoms with Crippen LogP contribution in [-0.4, -0.2) is 20.2 Å². The first-order valence-electron chi connectivity index (χ1n) is 10.2. The Hall–Kier alpha value is -3.78. The van der Waals surface area contributed by atoms with E-state index in [-0.39, 0.29) is 0 Å². The van der Waals surface area contributed by atoms with Crippen LogP contribution in [0.4, 0.5) is 0 Å². The van der Waals surface area contributed by atoms with E-state index in [0.29, 0.717) is 6.61 Å². The second-order valence-corrected chi connectivity index (χ2v) is 6.16. The molecular formula is C26H32N4O. The fourth-order valence-electron chi connectivity index (χ4n) is 2.52. The van der Waals surface area contributed by atoms with Gasteiger partial charge >= 0.3 is 0 Å². The quantitative estimate of drug-likeness (QED) is 0.287. The Labute approximate surface area is 185 Å². The van der Waals surface area contributed by atoms with E-state index in [1.165, 1.54) is 0 Å². The molecule has 0 saturated carbocycles. The van der Waals surface area contributed by atoms with Crippen LogP contribution < -0.4 is 4.74 Å². The SMILES string of the molecule is C#CC.C=CC.CC.Cc1cn[nH]c1-c1nc2ccc(OCc3ccccc3)cc2[nH]1. The topological polar surface area (TPSA) is 66.6 Å². The Bertz CT molecular complexity index is 1070. The lowest BCUT2D eigenvalue weighted by Crippen LogP contribution is -1.94. The van der Waals surface area contributed by atoms with Crippen LogP contribution in [-0.2, 0) is 6.61 Å². The summed E-state index contributed by atoms with van der Waals surface area (Å²) in [5.41, 5.74) is 4.96. The molecule has 0 aliphatic heterocycles. The Kier molecular flexibility index (Phi) is 11.6. The average Bonchev–Trinajstić information content (AvgIpc) is 3.41. The van der Waals surface area contributed by atoms with Crippen molar-refractivity contribution in [1.29, 1.82) is 0 Å². The van der Waals surface area contributed by atoms with Crippen LogP contribution in [0, 0.1) is 19.3 Å². The van der Waals surface area contributed by atoms with Crippen LogP contribution in [0.25, 0.3) is 22.6 Å². The van der Waals surface area contributed by atoms with Crippen LogP contribution in [0.15, 0.2) is 67.4 Å². The highest BCUT2D eigenvalue weighted by atomic mass is 16.5. The largest absolute Gasteiger partial charge is 0.489 e. The number of nitrogens with one attached hydrogen (secondary N) is 2. The predicted molar refractivity (Wildman–Crippen MR) is 131 cm³/mol. The van der Waals surface area contributed by atoms with Gasteiger partial charge in [-0.1, -0.05) is 50.3 Å². The summed E-state index contributed by atoms with van der Waals surface area (Å²) in [5.74, 6) is 3.85. The summed E-state index contributed by atoms with van der Waals surface area (Å²) in [4.78, 5) is 7.91. The maximum absolute atomic E-state index is 5.86. The van der Waals surface area contributed by atoms with Crippen LogP contribution in [0.3, 0.4) is 0 Å². The first-order valence-corrected chi connectivity index (χ1v) is 10.2. The Balaban J connectivity index is 0.000000531. The lowest BCUT2D eigenvalue weighted by Gasteiger charge is -2.05. The monoisotopic (exact) mass is 416 g/mol.